The molecule has 1 aliphatic heterocycles. The van der Waals surface area contributed by atoms with Crippen LogP contribution in [0.25, 0.3) is 0 Å². The largest absolute Gasteiger partial charge is 0.341 e. The summed E-state index contributed by atoms with van der Waals surface area (Å²) < 4.78 is 12.9. The van der Waals surface area contributed by atoms with Gasteiger partial charge in [0, 0.05) is 37.7 Å². The van der Waals surface area contributed by atoms with Crippen molar-refractivity contribution in [2.75, 3.05) is 26.2 Å². The van der Waals surface area contributed by atoms with Gasteiger partial charge in [0.15, 0.2) is 0 Å². The minimum absolute atomic E-state index is 0.0237. The van der Waals surface area contributed by atoms with Gasteiger partial charge < -0.3 is 9.80 Å². The number of benzene rings is 1. The summed E-state index contributed by atoms with van der Waals surface area (Å²) in [6.45, 7) is 6.16. The first kappa shape index (κ1) is 15.5. The van der Waals surface area contributed by atoms with E-state index in [0.29, 0.717) is 31.7 Å². The molecule has 0 N–H and O–H groups in total. The molecule has 4 nitrogen and oxygen atoms in total. The number of hydrogen-bond acceptors (Lipinski definition) is 2. The Labute approximate surface area is 124 Å². The van der Waals surface area contributed by atoms with Crippen molar-refractivity contribution < 1.29 is 14.0 Å². The molecule has 2 amide bonds. The summed E-state index contributed by atoms with van der Waals surface area (Å²) in [6.07, 6.45) is 0.769. The zero-order valence-electron chi connectivity index (χ0n) is 12.5. The number of hydrogen-bond donors (Lipinski definition) is 0. The first-order valence-electron chi connectivity index (χ1n) is 7.32. The summed E-state index contributed by atoms with van der Waals surface area (Å²) >= 11 is 0. The van der Waals surface area contributed by atoms with E-state index >= 15 is 0 Å². The van der Waals surface area contributed by atoms with Crippen molar-refractivity contribution >= 4 is 11.8 Å². The van der Waals surface area contributed by atoms with E-state index in [0.717, 1.165) is 6.42 Å². The molecule has 1 aromatic rings. The van der Waals surface area contributed by atoms with Gasteiger partial charge in [0.05, 0.1) is 0 Å². The van der Waals surface area contributed by atoms with Gasteiger partial charge in [-0.3, -0.25) is 9.59 Å². The van der Waals surface area contributed by atoms with Crippen LogP contribution in [0.4, 0.5) is 4.39 Å². The number of halogens is 1. The number of carbonyl (C=O) groups is 2. The Morgan fingerprint density at radius 1 is 1.00 bits per heavy atom. The van der Waals surface area contributed by atoms with Crippen LogP contribution in [0.5, 0.6) is 0 Å². The van der Waals surface area contributed by atoms with Crippen molar-refractivity contribution in [2.45, 2.75) is 20.3 Å². The van der Waals surface area contributed by atoms with Crippen LogP contribution in [0.15, 0.2) is 24.3 Å². The van der Waals surface area contributed by atoms with Gasteiger partial charge in [-0.2, -0.15) is 0 Å². The fourth-order valence-electron chi connectivity index (χ4n) is 2.48. The van der Waals surface area contributed by atoms with Crippen LogP contribution in [0.1, 0.15) is 30.6 Å². The minimum Gasteiger partial charge on any atom is -0.341 e. The maximum Gasteiger partial charge on any atom is 0.253 e. The highest BCUT2D eigenvalue weighted by molar-refractivity contribution is 5.94. The molecule has 1 aromatic carbocycles. The Balaban J connectivity index is 2.01. The lowest BCUT2D eigenvalue weighted by Crippen LogP contribution is -2.38. The fraction of sp³-hybridized carbons (Fsp3) is 0.500. The zero-order valence-corrected chi connectivity index (χ0v) is 12.5. The summed E-state index contributed by atoms with van der Waals surface area (Å²) in [5.74, 6) is -0.347. The quantitative estimate of drug-likeness (QED) is 0.838. The Morgan fingerprint density at radius 3 is 2.19 bits per heavy atom. The Hall–Kier alpha value is -1.91. The average molecular weight is 292 g/mol. The molecule has 1 heterocycles. The van der Waals surface area contributed by atoms with Crippen LogP contribution in [0.2, 0.25) is 0 Å². The van der Waals surface area contributed by atoms with Crippen molar-refractivity contribution in [1.29, 1.82) is 0 Å². The molecule has 1 aliphatic rings. The van der Waals surface area contributed by atoms with Crippen LogP contribution >= 0.6 is 0 Å². The smallest absolute Gasteiger partial charge is 0.253 e. The third kappa shape index (κ3) is 3.80. The van der Waals surface area contributed by atoms with Crippen molar-refractivity contribution in [3.05, 3.63) is 35.6 Å². The minimum atomic E-state index is -0.351. The van der Waals surface area contributed by atoms with E-state index in [2.05, 4.69) is 0 Å². The van der Waals surface area contributed by atoms with Crippen LogP contribution in [-0.2, 0) is 4.79 Å². The number of amides is 2. The summed E-state index contributed by atoms with van der Waals surface area (Å²) in [7, 11) is 0. The van der Waals surface area contributed by atoms with Crippen molar-refractivity contribution in [1.82, 2.24) is 9.80 Å². The third-order valence-corrected chi connectivity index (χ3v) is 3.68. The molecular formula is C16H21FN2O2. The van der Waals surface area contributed by atoms with Crippen LogP contribution in [-0.4, -0.2) is 47.8 Å². The molecule has 1 saturated heterocycles. The molecule has 1 fully saturated rings. The normalized spacial score (nSPS) is 16.0. The molecule has 0 aromatic heterocycles. The highest BCUT2D eigenvalue weighted by Gasteiger charge is 2.23. The van der Waals surface area contributed by atoms with Gasteiger partial charge in [-0.05, 0) is 30.7 Å². The maximum absolute atomic E-state index is 12.9. The summed E-state index contributed by atoms with van der Waals surface area (Å²) in [4.78, 5) is 27.9. The highest BCUT2D eigenvalue weighted by atomic mass is 19.1. The molecule has 21 heavy (non-hydrogen) atoms. The van der Waals surface area contributed by atoms with E-state index in [-0.39, 0.29) is 23.5 Å². The predicted octanol–water partition coefficient (Wildman–Crippen LogP) is 2.16. The van der Waals surface area contributed by atoms with Crippen LogP contribution in [0, 0.1) is 11.7 Å². The highest BCUT2D eigenvalue weighted by Crippen LogP contribution is 2.12. The molecule has 0 unspecified atom stereocenters. The molecule has 0 bridgehead atoms. The Morgan fingerprint density at radius 2 is 1.57 bits per heavy atom. The zero-order chi connectivity index (χ0) is 15.4. The predicted molar refractivity (Wildman–Crippen MR) is 78.3 cm³/mol. The maximum atomic E-state index is 12.9. The van der Waals surface area contributed by atoms with Crippen molar-refractivity contribution in [2.24, 2.45) is 5.92 Å². The SMILES string of the molecule is CC(C)C(=O)N1CCCN(C(=O)c2ccc(F)cc2)CC1. The van der Waals surface area contributed by atoms with Gasteiger partial charge in [0.2, 0.25) is 5.91 Å². The number of carbonyl (C=O) groups excluding carboxylic acids is 2. The standard InChI is InChI=1S/C16H21FN2O2/c1-12(2)15(20)18-8-3-9-19(11-10-18)16(21)13-4-6-14(17)7-5-13/h4-7,12H,3,8-11H2,1-2H3. The fourth-order valence-corrected chi connectivity index (χ4v) is 2.48. The molecule has 5 heteroatoms. The molecule has 0 aliphatic carbocycles. The van der Waals surface area contributed by atoms with Crippen LogP contribution < -0.4 is 0 Å². The molecule has 114 valence electrons. The second-order valence-corrected chi connectivity index (χ2v) is 5.63. The van der Waals surface area contributed by atoms with E-state index in [9.17, 15) is 14.0 Å². The molecular weight excluding hydrogens is 271 g/mol. The van der Waals surface area contributed by atoms with E-state index in [1.807, 2.05) is 18.7 Å². The first-order chi connectivity index (χ1) is 9.99. The monoisotopic (exact) mass is 292 g/mol. The number of rotatable bonds is 2. The van der Waals surface area contributed by atoms with E-state index in [1.54, 1.807) is 4.90 Å². The topological polar surface area (TPSA) is 40.6 Å². The lowest BCUT2D eigenvalue weighted by atomic mass is 10.2. The van der Waals surface area contributed by atoms with Gasteiger partial charge in [-0.15, -0.1) is 0 Å². The summed E-state index contributed by atoms with van der Waals surface area (Å²) in [5.41, 5.74) is 0.486. The van der Waals surface area contributed by atoms with Gasteiger partial charge in [-0.25, -0.2) is 4.39 Å². The van der Waals surface area contributed by atoms with Gasteiger partial charge >= 0.3 is 0 Å². The summed E-state index contributed by atoms with van der Waals surface area (Å²) in [6, 6.07) is 5.58. The van der Waals surface area contributed by atoms with E-state index in [4.69, 9.17) is 0 Å². The molecule has 0 saturated carbocycles. The van der Waals surface area contributed by atoms with E-state index < -0.39 is 0 Å². The average Bonchev–Trinajstić information content (AvgIpc) is 2.72. The lowest BCUT2D eigenvalue weighted by molar-refractivity contribution is -0.134. The third-order valence-electron chi connectivity index (χ3n) is 3.68. The molecule has 2 rings (SSSR count). The van der Waals surface area contributed by atoms with Gasteiger partial charge in [0.1, 0.15) is 5.82 Å². The lowest BCUT2D eigenvalue weighted by Gasteiger charge is -2.23. The summed E-state index contributed by atoms with van der Waals surface area (Å²) in [5, 5.41) is 0. The Kier molecular flexibility index (Phi) is 4.94. The van der Waals surface area contributed by atoms with Gasteiger partial charge in [-0.1, -0.05) is 13.8 Å². The second kappa shape index (κ2) is 6.70. The first-order valence-corrected chi connectivity index (χ1v) is 7.32. The van der Waals surface area contributed by atoms with Crippen molar-refractivity contribution in [3.8, 4) is 0 Å². The Bertz CT molecular complexity index is 514. The molecule has 0 spiro atoms. The van der Waals surface area contributed by atoms with Gasteiger partial charge in [0.25, 0.3) is 5.91 Å². The van der Waals surface area contributed by atoms with E-state index in [1.165, 1.54) is 24.3 Å². The van der Waals surface area contributed by atoms with Crippen molar-refractivity contribution in [3.63, 3.8) is 0 Å². The second-order valence-electron chi connectivity index (χ2n) is 5.63. The molecule has 0 radical (unpaired) electrons. The van der Waals surface area contributed by atoms with Crippen LogP contribution in [0.3, 0.4) is 0 Å². The number of nitrogens with zero attached hydrogens (tertiary/aromatic N) is 2. The molecule has 0 atom stereocenters.